The molecule has 0 radical (unpaired) electrons. The van der Waals surface area contributed by atoms with Gasteiger partial charge in [0.1, 0.15) is 6.04 Å². The number of rotatable bonds is 13. The lowest BCUT2D eigenvalue weighted by Crippen LogP contribution is -2.40. The molecule has 0 aliphatic carbocycles. The summed E-state index contributed by atoms with van der Waals surface area (Å²) in [5, 5.41) is 15.7. The Bertz CT molecular complexity index is 1130. The third-order valence-corrected chi connectivity index (χ3v) is 7.88. The van der Waals surface area contributed by atoms with E-state index in [1.54, 1.807) is 6.07 Å². The van der Waals surface area contributed by atoms with Crippen LogP contribution in [0.3, 0.4) is 0 Å². The Morgan fingerprint density at radius 2 is 1.41 bits per heavy atom. The van der Waals surface area contributed by atoms with Crippen molar-refractivity contribution < 1.29 is 14.7 Å². The molecule has 1 aromatic heterocycles. The number of carboxylic acid groups (broad SMARTS) is 1. The van der Waals surface area contributed by atoms with Gasteiger partial charge in [-0.2, -0.15) is 0 Å². The van der Waals surface area contributed by atoms with Gasteiger partial charge < -0.3 is 15.7 Å². The van der Waals surface area contributed by atoms with E-state index in [-0.39, 0.29) is 11.8 Å². The second-order valence-corrected chi connectivity index (χ2v) is 10.8. The molecule has 1 heterocycles. The van der Waals surface area contributed by atoms with Crippen molar-refractivity contribution >= 4 is 23.2 Å². The van der Waals surface area contributed by atoms with Crippen LogP contribution in [0.25, 0.3) is 0 Å². The molecule has 0 spiro atoms. The third kappa shape index (κ3) is 10.4. The zero-order chi connectivity index (χ0) is 28.6. The fraction of sp³-hybridized carbons (Fsp3) is 0.394. The zero-order valence-electron chi connectivity index (χ0n) is 24.0. The second-order valence-electron chi connectivity index (χ2n) is 9.65. The molecule has 210 valence electrons. The molecule has 1 atom stereocenters. The molecule has 3 aromatic rings. The molecule has 1 amide bonds. The van der Waals surface area contributed by atoms with Gasteiger partial charge in [-0.3, -0.25) is 4.79 Å². The molecule has 0 saturated carbocycles. The lowest BCUT2D eigenvalue weighted by Gasteiger charge is -2.17. The Morgan fingerprint density at radius 1 is 0.846 bits per heavy atom. The molecule has 3 rings (SSSR count). The lowest BCUT2D eigenvalue weighted by molar-refractivity contribution is -0.139. The lowest BCUT2D eigenvalue weighted by atomic mass is 9.90. The molecule has 0 bridgehead atoms. The summed E-state index contributed by atoms with van der Waals surface area (Å²) in [6, 6.07) is 23.2. The minimum absolute atomic E-state index is 0.00756. The summed E-state index contributed by atoms with van der Waals surface area (Å²) in [5.74, 6) is -1.36. The van der Waals surface area contributed by atoms with Gasteiger partial charge in [0.25, 0.3) is 5.91 Å². The number of amides is 1. The molecule has 3 N–H and O–H groups in total. The van der Waals surface area contributed by atoms with Crippen LogP contribution in [0.15, 0.2) is 84.1 Å². The van der Waals surface area contributed by atoms with Crippen molar-refractivity contribution in [1.82, 2.24) is 10.6 Å². The van der Waals surface area contributed by atoms with Crippen LogP contribution in [0.5, 0.6) is 0 Å². The summed E-state index contributed by atoms with van der Waals surface area (Å²) in [6.07, 6.45) is 4.62. The van der Waals surface area contributed by atoms with E-state index in [0.29, 0.717) is 24.3 Å². The number of carboxylic acids is 1. The van der Waals surface area contributed by atoms with Crippen LogP contribution in [0.1, 0.15) is 98.3 Å². The summed E-state index contributed by atoms with van der Waals surface area (Å²) in [7, 11) is 0. The summed E-state index contributed by atoms with van der Waals surface area (Å²) < 4.78 is 0. The Kier molecular flexibility index (Phi) is 14.1. The van der Waals surface area contributed by atoms with E-state index in [4.69, 9.17) is 0 Å². The van der Waals surface area contributed by atoms with Crippen LogP contribution in [0, 0.1) is 0 Å². The monoisotopic (exact) mass is 548 g/mol. The predicted octanol–water partition coefficient (Wildman–Crippen LogP) is 7.99. The van der Waals surface area contributed by atoms with Crippen molar-refractivity contribution in [1.29, 1.82) is 0 Å². The van der Waals surface area contributed by atoms with Gasteiger partial charge in [0, 0.05) is 23.0 Å². The minimum atomic E-state index is -1.02. The van der Waals surface area contributed by atoms with Crippen LogP contribution in [-0.2, 0) is 4.79 Å². The maximum Gasteiger partial charge on any atom is 0.326 e. The first kappa shape index (κ1) is 31.8. The average molecular weight is 549 g/mol. The van der Waals surface area contributed by atoms with Crippen molar-refractivity contribution in [2.75, 3.05) is 6.54 Å². The number of carbonyl (C=O) groups is 2. The van der Waals surface area contributed by atoms with Crippen molar-refractivity contribution in [3.8, 4) is 0 Å². The Balaban J connectivity index is 0.00000124. The van der Waals surface area contributed by atoms with Crippen LogP contribution in [0.4, 0.5) is 0 Å². The molecule has 0 aliphatic rings. The highest BCUT2D eigenvalue weighted by atomic mass is 32.1. The smallest absolute Gasteiger partial charge is 0.326 e. The quantitative estimate of drug-likeness (QED) is 0.189. The number of benzene rings is 2. The fourth-order valence-electron chi connectivity index (χ4n) is 3.93. The van der Waals surface area contributed by atoms with Crippen LogP contribution in [0.2, 0.25) is 0 Å². The van der Waals surface area contributed by atoms with Gasteiger partial charge in [-0.25, -0.2) is 4.79 Å². The van der Waals surface area contributed by atoms with Gasteiger partial charge >= 0.3 is 5.97 Å². The summed E-state index contributed by atoms with van der Waals surface area (Å²) in [4.78, 5) is 26.3. The largest absolute Gasteiger partial charge is 0.480 e. The predicted molar refractivity (Wildman–Crippen MR) is 164 cm³/mol. The molecular formula is C33H44N2O3S. The maximum absolute atomic E-state index is 13.0. The molecular weight excluding hydrogens is 504 g/mol. The van der Waals surface area contributed by atoms with Crippen molar-refractivity contribution in [3.05, 3.63) is 105 Å². The first-order valence-electron chi connectivity index (χ1n) is 14.0. The molecule has 2 aromatic carbocycles. The highest BCUT2D eigenvalue weighted by molar-refractivity contribution is 7.14. The molecule has 0 fully saturated rings. The third-order valence-electron chi connectivity index (χ3n) is 6.73. The van der Waals surface area contributed by atoms with Gasteiger partial charge in [0.2, 0.25) is 0 Å². The number of hydrogen-bond donors (Lipinski definition) is 3. The van der Waals surface area contributed by atoms with E-state index in [2.05, 4.69) is 62.6 Å². The molecule has 0 saturated heterocycles. The normalized spacial score (nSPS) is 12.2. The van der Waals surface area contributed by atoms with E-state index in [9.17, 15) is 14.7 Å². The number of nitrogens with one attached hydrogen (secondary N) is 2. The Hall–Kier alpha value is -3.38. The van der Waals surface area contributed by atoms with Gasteiger partial charge in [0.05, 0.1) is 4.88 Å². The van der Waals surface area contributed by atoms with Gasteiger partial charge in [-0.15, -0.1) is 11.3 Å². The number of hydrogen-bond acceptors (Lipinski definition) is 4. The Labute approximate surface area is 238 Å². The molecule has 0 aliphatic heterocycles. The topological polar surface area (TPSA) is 78.4 Å². The number of thiophene rings is 1. The average Bonchev–Trinajstić information content (AvgIpc) is 3.45. The van der Waals surface area contributed by atoms with E-state index >= 15 is 0 Å². The highest BCUT2D eigenvalue weighted by Gasteiger charge is 2.23. The molecule has 6 heteroatoms. The van der Waals surface area contributed by atoms with Crippen molar-refractivity contribution in [3.63, 3.8) is 0 Å². The second kappa shape index (κ2) is 17.3. The number of unbranched alkanes of at least 4 members (excludes halogenated alkanes) is 1. The van der Waals surface area contributed by atoms with Gasteiger partial charge in [-0.1, -0.05) is 99.8 Å². The van der Waals surface area contributed by atoms with Crippen LogP contribution in [-0.4, -0.2) is 29.6 Å². The first-order chi connectivity index (χ1) is 18.8. The van der Waals surface area contributed by atoms with E-state index in [1.807, 2.05) is 49.4 Å². The van der Waals surface area contributed by atoms with Crippen LogP contribution < -0.4 is 10.6 Å². The standard InChI is InChI=1S/C29H34N2O3S.C4H10/c1-4-20(2)21(3)30-19-11-16-24(29(33)34)31-28(32)26-18-17-25(35-26)27(22-12-7-5-8-13-22)23-14-9-6-10-15-23;1-3-4-2/h5-10,12-15,17-18,24,27,30H,4,11,16,19H2,1-3H3,(H,31,32)(H,33,34);3-4H2,1-2H3/b21-20-;. The maximum atomic E-state index is 13.0. The molecule has 39 heavy (non-hydrogen) atoms. The van der Waals surface area contributed by atoms with E-state index in [1.165, 1.54) is 29.8 Å². The van der Waals surface area contributed by atoms with Crippen molar-refractivity contribution in [2.45, 2.75) is 78.7 Å². The SMILES string of the molecule is CC/C(C)=C(/C)NCCCC(NC(=O)c1ccc(C(c2ccccc2)c2ccccc2)s1)C(=O)O.CCCC. The summed E-state index contributed by atoms with van der Waals surface area (Å²) in [5.41, 5.74) is 4.70. The number of allylic oxidation sites excluding steroid dienone is 2. The zero-order valence-corrected chi connectivity index (χ0v) is 24.8. The number of carbonyl (C=O) groups excluding carboxylic acids is 1. The van der Waals surface area contributed by atoms with Crippen molar-refractivity contribution in [2.24, 2.45) is 0 Å². The minimum Gasteiger partial charge on any atom is -0.480 e. The number of aliphatic carboxylic acids is 1. The summed E-state index contributed by atoms with van der Waals surface area (Å²) >= 11 is 1.41. The fourth-order valence-corrected chi connectivity index (χ4v) is 4.99. The van der Waals surface area contributed by atoms with E-state index < -0.39 is 12.0 Å². The first-order valence-corrected chi connectivity index (χ1v) is 14.8. The highest BCUT2D eigenvalue weighted by Crippen LogP contribution is 2.36. The van der Waals surface area contributed by atoms with Gasteiger partial charge in [0.15, 0.2) is 0 Å². The van der Waals surface area contributed by atoms with E-state index in [0.717, 1.165) is 28.1 Å². The molecule has 5 nitrogen and oxygen atoms in total. The summed E-state index contributed by atoms with van der Waals surface area (Å²) in [6.45, 7) is 11.2. The Morgan fingerprint density at radius 3 is 1.90 bits per heavy atom. The van der Waals surface area contributed by atoms with Crippen LogP contribution >= 0.6 is 11.3 Å². The molecule has 1 unspecified atom stereocenters. The van der Waals surface area contributed by atoms with Gasteiger partial charge in [-0.05, 0) is 56.4 Å².